The first kappa shape index (κ1) is 10.5. The van der Waals surface area contributed by atoms with Crippen LogP contribution in [0.15, 0.2) is 40.9 Å². The van der Waals surface area contributed by atoms with Crippen LogP contribution in [0.2, 0.25) is 0 Å². The molecule has 2 aromatic rings. The maximum atomic E-state index is 12.6. The van der Waals surface area contributed by atoms with Crippen molar-refractivity contribution in [2.45, 2.75) is 6.18 Å². The minimum atomic E-state index is -4.31. The lowest BCUT2D eigenvalue weighted by Gasteiger charge is -2.10. The van der Waals surface area contributed by atoms with E-state index in [0.717, 1.165) is 6.07 Å². The number of fused-ring (bicyclic) bond motifs is 1. The van der Waals surface area contributed by atoms with Gasteiger partial charge in [0.2, 0.25) is 0 Å². The monoisotopic (exact) mass is 274 g/mol. The largest absolute Gasteiger partial charge is 0.417 e. The van der Waals surface area contributed by atoms with Crippen molar-refractivity contribution < 1.29 is 13.2 Å². The van der Waals surface area contributed by atoms with Crippen LogP contribution < -0.4 is 0 Å². The predicted octanol–water partition coefficient (Wildman–Crippen LogP) is 4.62. The number of halogens is 4. The van der Waals surface area contributed by atoms with Gasteiger partial charge >= 0.3 is 6.18 Å². The second kappa shape index (κ2) is 3.52. The van der Waals surface area contributed by atoms with Crippen LogP contribution in [0.1, 0.15) is 5.56 Å². The van der Waals surface area contributed by atoms with Crippen molar-refractivity contribution in [3.63, 3.8) is 0 Å². The van der Waals surface area contributed by atoms with Gasteiger partial charge in [-0.2, -0.15) is 13.2 Å². The molecule has 0 aromatic heterocycles. The van der Waals surface area contributed by atoms with Crippen molar-refractivity contribution in [3.8, 4) is 0 Å². The zero-order chi connectivity index (χ0) is 11.1. The Balaban J connectivity index is 2.84. The highest BCUT2D eigenvalue weighted by Crippen LogP contribution is 2.37. The Morgan fingerprint density at radius 1 is 0.867 bits per heavy atom. The van der Waals surface area contributed by atoms with Gasteiger partial charge in [-0.05, 0) is 22.9 Å². The van der Waals surface area contributed by atoms with E-state index in [9.17, 15) is 13.2 Å². The van der Waals surface area contributed by atoms with E-state index in [1.807, 2.05) is 0 Å². The Morgan fingerprint density at radius 3 is 2.07 bits per heavy atom. The van der Waals surface area contributed by atoms with Crippen molar-refractivity contribution in [1.29, 1.82) is 0 Å². The number of alkyl halides is 3. The number of benzene rings is 2. The third-order valence-electron chi connectivity index (χ3n) is 2.18. The summed E-state index contributed by atoms with van der Waals surface area (Å²) in [4.78, 5) is 0. The molecule has 0 aliphatic carbocycles. The summed E-state index contributed by atoms with van der Waals surface area (Å²) >= 11 is 3.23. The Kier molecular flexibility index (Phi) is 2.46. The molecule has 0 saturated heterocycles. The lowest BCUT2D eigenvalue weighted by Crippen LogP contribution is -2.05. The fourth-order valence-electron chi connectivity index (χ4n) is 1.51. The summed E-state index contributed by atoms with van der Waals surface area (Å²) in [6.45, 7) is 0. The maximum Gasteiger partial charge on any atom is 0.417 e. The number of rotatable bonds is 0. The van der Waals surface area contributed by atoms with Crippen LogP contribution in [0.5, 0.6) is 0 Å². The van der Waals surface area contributed by atoms with Crippen LogP contribution >= 0.6 is 15.9 Å². The molecular weight excluding hydrogens is 269 g/mol. The van der Waals surface area contributed by atoms with Gasteiger partial charge in [0.15, 0.2) is 0 Å². The van der Waals surface area contributed by atoms with Gasteiger partial charge in [-0.3, -0.25) is 0 Å². The summed E-state index contributed by atoms with van der Waals surface area (Å²) < 4.78 is 38.6. The molecule has 0 saturated carbocycles. The molecule has 0 N–H and O–H groups in total. The highest BCUT2D eigenvalue weighted by atomic mass is 79.9. The number of hydrogen-bond acceptors (Lipinski definition) is 0. The van der Waals surface area contributed by atoms with E-state index >= 15 is 0 Å². The maximum absolute atomic E-state index is 12.6. The molecule has 0 amide bonds. The average molecular weight is 275 g/mol. The molecular formula is C11H6BrF3. The van der Waals surface area contributed by atoms with Gasteiger partial charge in [-0.1, -0.05) is 40.2 Å². The molecule has 0 aliphatic heterocycles. The summed E-state index contributed by atoms with van der Waals surface area (Å²) in [5.41, 5.74) is -0.596. The minimum absolute atomic E-state index is 0.222. The third kappa shape index (κ3) is 1.86. The topological polar surface area (TPSA) is 0 Å². The van der Waals surface area contributed by atoms with Crippen molar-refractivity contribution in [1.82, 2.24) is 0 Å². The Morgan fingerprint density at radius 2 is 1.47 bits per heavy atom. The molecule has 0 nitrogen and oxygen atoms in total. The van der Waals surface area contributed by atoms with Crippen LogP contribution in [0.4, 0.5) is 13.2 Å². The smallest absolute Gasteiger partial charge is 0.166 e. The predicted molar refractivity (Wildman–Crippen MR) is 56.7 cm³/mol. The Labute approximate surface area is 92.8 Å². The summed E-state index contributed by atoms with van der Waals surface area (Å²) in [6, 6.07) is 8.96. The van der Waals surface area contributed by atoms with Crippen LogP contribution in [-0.2, 0) is 6.18 Å². The van der Waals surface area contributed by atoms with Crippen molar-refractivity contribution in [2.24, 2.45) is 0 Å². The SMILES string of the molecule is FC(F)(F)c1ccc(Br)c2ccccc12. The molecule has 0 fully saturated rings. The van der Waals surface area contributed by atoms with Crippen LogP contribution in [0, 0.1) is 0 Å². The molecule has 15 heavy (non-hydrogen) atoms. The zero-order valence-electron chi connectivity index (χ0n) is 7.48. The lowest BCUT2D eigenvalue weighted by atomic mass is 10.0. The summed E-state index contributed by atoms with van der Waals surface area (Å²) in [5.74, 6) is 0. The summed E-state index contributed by atoms with van der Waals surface area (Å²) in [5, 5.41) is 0.798. The highest BCUT2D eigenvalue weighted by Gasteiger charge is 2.32. The van der Waals surface area contributed by atoms with Crippen molar-refractivity contribution in [2.75, 3.05) is 0 Å². The van der Waals surface area contributed by atoms with Crippen LogP contribution in [0.3, 0.4) is 0 Å². The van der Waals surface area contributed by atoms with E-state index in [0.29, 0.717) is 9.86 Å². The molecule has 0 atom stereocenters. The summed E-state index contributed by atoms with van der Waals surface area (Å²) in [7, 11) is 0. The minimum Gasteiger partial charge on any atom is -0.166 e. The molecule has 78 valence electrons. The molecule has 0 spiro atoms. The first-order valence-electron chi connectivity index (χ1n) is 4.24. The van der Waals surface area contributed by atoms with Gasteiger partial charge in [0.25, 0.3) is 0 Å². The second-order valence-corrected chi connectivity index (χ2v) is 3.99. The number of hydrogen-bond donors (Lipinski definition) is 0. The molecule has 2 rings (SSSR count). The van der Waals surface area contributed by atoms with E-state index < -0.39 is 11.7 Å². The van der Waals surface area contributed by atoms with Gasteiger partial charge < -0.3 is 0 Å². The molecule has 0 heterocycles. The normalized spacial score (nSPS) is 12.0. The molecule has 0 bridgehead atoms. The average Bonchev–Trinajstić information content (AvgIpc) is 2.17. The van der Waals surface area contributed by atoms with Gasteiger partial charge in [-0.15, -0.1) is 0 Å². The van der Waals surface area contributed by atoms with E-state index in [1.165, 1.54) is 12.1 Å². The fourth-order valence-corrected chi connectivity index (χ4v) is 1.99. The quantitative estimate of drug-likeness (QED) is 0.658. The Hall–Kier alpha value is -1.03. The molecule has 0 radical (unpaired) electrons. The fraction of sp³-hybridized carbons (Fsp3) is 0.0909. The Bertz CT molecular complexity index is 503. The first-order valence-corrected chi connectivity index (χ1v) is 5.04. The van der Waals surface area contributed by atoms with Crippen LogP contribution in [0.25, 0.3) is 10.8 Å². The van der Waals surface area contributed by atoms with Gasteiger partial charge in [0, 0.05) is 4.47 Å². The van der Waals surface area contributed by atoms with Crippen LogP contribution in [-0.4, -0.2) is 0 Å². The molecule has 4 heteroatoms. The molecule has 0 unspecified atom stereocenters. The molecule has 0 aliphatic rings. The van der Waals surface area contributed by atoms with E-state index in [-0.39, 0.29) is 5.39 Å². The zero-order valence-corrected chi connectivity index (χ0v) is 9.06. The van der Waals surface area contributed by atoms with E-state index in [2.05, 4.69) is 15.9 Å². The standard InChI is InChI=1S/C11H6BrF3/c12-10-6-5-9(11(13,14)15)7-3-1-2-4-8(7)10/h1-6H. The van der Waals surface area contributed by atoms with E-state index in [4.69, 9.17) is 0 Å². The van der Waals surface area contributed by atoms with Crippen molar-refractivity contribution >= 4 is 26.7 Å². The molecule has 2 aromatic carbocycles. The van der Waals surface area contributed by atoms with E-state index in [1.54, 1.807) is 18.2 Å². The second-order valence-electron chi connectivity index (χ2n) is 3.14. The van der Waals surface area contributed by atoms with Gasteiger partial charge in [0.1, 0.15) is 0 Å². The third-order valence-corrected chi connectivity index (χ3v) is 2.87. The highest BCUT2D eigenvalue weighted by molar-refractivity contribution is 9.10. The first-order chi connectivity index (χ1) is 7.00. The van der Waals surface area contributed by atoms with Gasteiger partial charge in [-0.25, -0.2) is 0 Å². The van der Waals surface area contributed by atoms with Gasteiger partial charge in [0.05, 0.1) is 5.56 Å². The van der Waals surface area contributed by atoms with Crippen molar-refractivity contribution in [3.05, 3.63) is 46.4 Å². The summed E-state index contributed by atoms with van der Waals surface area (Å²) in [6.07, 6.45) is -4.31. The lowest BCUT2D eigenvalue weighted by molar-refractivity contribution is -0.136.